The molecule has 0 aromatic heterocycles. The summed E-state index contributed by atoms with van der Waals surface area (Å²) in [6.07, 6.45) is 0. The summed E-state index contributed by atoms with van der Waals surface area (Å²) >= 11 is 8.83. The van der Waals surface area contributed by atoms with E-state index in [0.717, 1.165) is 0 Å². The molecule has 2 unspecified atom stereocenters. The minimum absolute atomic E-state index is 0.0378. The van der Waals surface area contributed by atoms with E-state index >= 15 is 0 Å². The van der Waals surface area contributed by atoms with E-state index in [1.807, 2.05) is 0 Å². The van der Waals surface area contributed by atoms with Crippen molar-refractivity contribution in [3.05, 3.63) is 33.0 Å². The first-order valence-electron chi connectivity index (χ1n) is 5.03. The number of halogens is 3. The second-order valence-corrected chi connectivity index (χ2v) is 5.13. The van der Waals surface area contributed by atoms with Crippen LogP contribution in [-0.4, -0.2) is 25.0 Å². The maximum Gasteiger partial charge on any atom is 0.172 e. The van der Waals surface area contributed by atoms with Gasteiger partial charge in [0.15, 0.2) is 11.6 Å². The van der Waals surface area contributed by atoms with E-state index in [1.165, 1.54) is 6.07 Å². The largest absolute Gasteiger partial charge is 0.379 e. The molecule has 0 aliphatic carbocycles. The molecule has 0 saturated carbocycles. The van der Waals surface area contributed by atoms with Crippen molar-refractivity contribution in [3.8, 4) is 0 Å². The molecule has 1 heterocycles. The number of benzene rings is 1. The van der Waals surface area contributed by atoms with Crippen molar-refractivity contribution < 1.29 is 13.9 Å². The highest BCUT2D eigenvalue weighted by Crippen LogP contribution is 2.29. The van der Waals surface area contributed by atoms with Gasteiger partial charge < -0.3 is 10.5 Å². The average molecular weight is 323 g/mol. The van der Waals surface area contributed by atoms with Gasteiger partial charge in [0, 0.05) is 10.5 Å². The molecule has 0 radical (unpaired) electrons. The maximum atomic E-state index is 13.8. The fourth-order valence-electron chi connectivity index (χ4n) is 1.76. The minimum Gasteiger partial charge on any atom is -0.379 e. The van der Waals surface area contributed by atoms with Crippen LogP contribution in [0.15, 0.2) is 16.6 Å². The van der Waals surface area contributed by atoms with Crippen molar-refractivity contribution in [2.24, 2.45) is 11.7 Å². The Morgan fingerprint density at radius 1 is 1.53 bits per heavy atom. The second kappa shape index (κ2) is 5.02. The molecule has 3 nitrogen and oxygen atoms in total. The van der Waals surface area contributed by atoms with Gasteiger partial charge in [-0.3, -0.25) is 4.79 Å². The van der Waals surface area contributed by atoms with Crippen LogP contribution in [0.1, 0.15) is 10.4 Å². The van der Waals surface area contributed by atoms with E-state index < -0.39 is 11.7 Å². The molecule has 1 aliphatic heterocycles. The van der Waals surface area contributed by atoms with Crippen LogP contribution in [0.4, 0.5) is 4.39 Å². The Bertz CT molecular complexity index is 469. The number of hydrogen-bond acceptors (Lipinski definition) is 3. The standard InChI is InChI=1S/C11H10BrClFNO2/c12-7-2-1-5(10(14)9(7)13)11(16)6-3-17-4-8(6)15/h1-2,6,8H,3-4,15H2. The number of nitrogens with two attached hydrogens (primary N) is 1. The SMILES string of the molecule is NC1COCC1C(=O)c1ccc(Br)c(Cl)c1F. The highest BCUT2D eigenvalue weighted by Gasteiger charge is 2.33. The first kappa shape index (κ1) is 13.0. The number of ether oxygens (including phenoxy) is 1. The number of carbonyl (C=O) groups excluding carboxylic acids is 1. The van der Waals surface area contributed by atoms with Gasteiger partial charge in [0.25, 0.3) is 0 Å². The van der Waals surface area contributed by atoms with Crippen molar-refractivity contribution in [3.63, 3.8) is 0 Å². The lowest BCUT2D eigenvalue weighted by Gasteiger charge is -2.13. The molecule has 92 valence electrons. The summed E-state index contributed by atoms with van der Waals surface area (Å²) in [7, 11) is 0. The summed E-state index contributed by atoms with van der Waals surface area (Å²) in [4.78, 5) is 12.1. The van der Waals surface area contributed by atoms with Crippen molar-refractivity contribution in [2.75, 3.05) is 13.2 Å². The third kappa shape index (κ3) is 2.38. The number of ketones is 1. The van der Waals surface area contributed by atoms with Gasteiger partial charge in [0.1, 0.15) is 0 Å². The molecule has 2 rings (SSSR count). The van der Waals surface area contributed by atoms with Gasteiger partial charge in [-0.15, -0.1) is 0 Å². The first-order chi connectivity index (χ1) is 8.02. The van der Waals surface area contributed by atoms with Crippen molar-refractivity contribution in [2.45, 2.75) is 6.04 Å². The van der Waals surface area contributed by atoms with Crippen LogP contribution in [0.3, 0.4) is 0 Å². The van der Waals surface area contributed by atoms with Crippen LogP contribution >= 0.6 is 27.5 Å². The fourth-order valence-corrected chi connectivity index (χ4v) is 2.23. The van der Waals surface area contributed by atoms with Crippen LogP contribution < -0.4 is 5.73 Å². The van der Waals surface area contributed by atoms with E-state index in [0.29, 0.717) is 11.1 Å². The molecular formula is C11H10BrClFNO2. The number of rotatable bonds is 2. The molecule has 1 aromatic carbocycles. The number of Topliss-reactive ketones (excluding diaryl/α,β-unsaturated/α-hetero) is 1. The zero-order valence-corrected chi connectivity index (χ0v) is 11.1. The Kier molecular flexibility index (Phi) is 3.82. The van der Waals surface area contributed by atoms with Gasteiger partial charge in [0.2, 0.25) is 0 Å². The number of carbonyl (C=O) groups is 1. The van der Waals surface area contributed by atoms with Gasteiger partial charge in [-0.05, 0) is 28.1 Å². The highest BCUT2D eigenvalue weighted by atomic mass is 79.9. The van der Waals surface area contributed by atoms with Gasteiger partial charge in [-0.1, -0.05) is 11.6 Å². The van der Waals surface area contributed by atoms with Gasteiger partial charge in [-0.2, -0.15) is 0 Å². The molecular weight excluding hydrogens is 312 g/mol. The topological polar surface area (TPSA) is 52.3 Å². The summed E-state index contributed by atoms with van der Waals surface area (Å²) in [5.74, 6) is -1.58. The summed E-state index contributed by atoms with van der Waals surface area (Å²) in [6.45, 7) is 0.551. The number of hydrogen-bond donors (Lipinski definition) is 1. The van der Waals surface area contributed by atoms with E-state index in [-0.39, 0.29) is 29.0 Å². The molecule has 2 atom stereocenters. The smallest absolute Gasteiger partial charge is 0.172 e. The maximum absolute atomic E-state index is 13.8. The van der Waals surface area contributed by atoms with E-state index in [2.05, 4.69) is 15.9 Å². The summed E-state index contributed by atoms with van der Waals surface area (Å²) in [5.41, 5.74) is 5.69. The molecule has 0 bridgehead atoms. The average Bonchev–Trinajstić information content (AvgIpc) is 2.72. The highest BCUT2D eigenvalue weighted by molar-refractivity contribution is 9.10. The van der Waals surface area contributed by atoms with Crippen molar-refractivity contribution >= 4 is 33.3 Å². The Morgan fingerprint density at radius 3 is 2.82 bits per heavy atom. The van der Waals surface area contributed by atoms with E-state index in [9.17, 15) is 9.18 Å². The quantitative estimate of drug-likeness (QED) is 0.672. The molecule has 2 N–H and O–H groups in total. The molecule has 17 heavy (non-hydrogen) atoms. The third-order valence-electron chi connectivity index (χ3n) is 2.76. The van der Waals surface area contributed by atoms with Gasteiger partial charge in [0.05, 0.1) is 29.7 Å². The molecule has 6 heteroatoms. The van der Waals surface area contributed by atoms with Crippen LogP contribution in [0.25, 0.3) is 0 Å². The van der Waals surface area contributed by atoms with Crippen molar-refractivity contribution in [1.29, 1.82) is 0 Å². The van der Waals surface area contributed by atoms with Crippen LogP contribution in [0.2, 0.25) is 5.02 Å². The molecule has 0 spiro atoms. The van der Waals surface area contributed by atoms with Crippen LogP contribution in [0.5, 0.6) is 0 Å². The normalized spacial score (nSPS) is 24.0. The Hall–Kier alpha value is -0.490. The summed E-state index contributed by atoms with van der Waals surface area (Å²) in [6, 6.07) is 2.56. The Balaban J connectivity index is 2.34. The molecule has 1 saturated heterocycles. The van der Waals surface area contributed by atoms with Crippen LogP contribution in [-0.2, 0) is 4.74 Å². The fraction of sp³-hybridized carbons (Fsp3) is 0.364. The minimum atomic E-state index is -0.717. The van der Waals surface area contributed by atoms with Gasteiger partial charge in [-0.25, -0.2) is 4.39 Å². The Morgan fingerprint density at radius 2 is 2.24 bits per heavy atom. The molecule has 1 aliphatic rings. The zero-order valence-electron chi connectivity index (χ0n) is 8.75. The summed E-state index contributed by atoms with van der Waals surface area (Å²) in [5, 5.41) is -0.0941. The predicted octanol–water partition coefficient (Wildman–Crippen LogP) is 2.40. The van der Waals surface area contributed by atoms with Crippen LogP contribution in [0, 0.1) is 11.7 Å². The molecule has 1 fully saturated rings. The van der Waals surface area contributed by atoms with E-state index in [4.69, 9.17) is 22.1 Å². The van der Waals surface area contributed by atoms with Crippen molar-refractivity contribution in [1.82, 2.24) is 0 Å². The summed E-state index contributed by atoms with van der Waals surface area (Å²) < 4.78 is 19.3. The zero-order chi connectivity index (χ0) is 12.6. The Labute approximate surface area is 111 Å². The molecule has 1 aromatic rings. The lowest BCUT2D eigenvalue weighted by atomic mass is 9.93. The monoisotopic (exact) mass is 321 g/mol. The lowest BCUT2D eigenvalue weighted by Crippen LogP contribution is -2.34. The second-order valence-electron chi connectivity index (χ2n) is 3.89. The molecule has 0 amide bonds. The van der Waals surface area contributed by atoms with E-state index in [1.54, 1.807) is 6.07 Å². The van der Waals surface area contributed by atoms with Gasteiger partial charge >= 0.3 is 0 Å². The predicted molar refractivity (Wildman–Crippen MR) is 65.7 cm³/mol. The third-order valence-corrected chi connectivity index (χ3v) is 4.02. The first-order valence-corrected chi connectivity index (χ1v) is 6.20. The lowest BCUT2D eigenvalue weighted by molar-refractivity contribution is 0.0892.